The molecule has 2 unspecified atom stereocenters. The molecule has 1 aromatic heterocycles. The zero-order valence-corrected chi connectivity index (χ0v) is 15.0. The van der Waals surface area contributed by atoms with E-state index >= 15 is 0 Å². The molecule has 5 heteroatoms. The van der Waals surface area contributed by atoms with Crippen LogP contribution in [0.2, 0.25) is 0 Å². The number of hydrogen-bond donors (Lipinski definition) is 2. The maximum absolute atomic E-state index is 14.4. The van der Waals surface area contributed by atoms with Gasteiger partial charge in [-0.2, -0.15) is 0 Å². The summed E-state index contributed by atoms with van der Waals surface area (Å²) in [4.78, 5) is 18.0. The van der Waals surface area contributed by atoms with Gasteiger partial charge in [-0.1, -0.05) is 18.2 Å². The van der Waals surface area contributed by atoms with Gasteiger partial charge >= 0.3 is 0 Å². The van der Waals surface area contributed by atoms with Crippen molar-refractivity contribution >= 4 is 16.8 Å². The number of fused-ring (bicyclic) bond motifs is 2. The van der Waals surface area contributed by atoms with E-state index in [4.69, 9.17) is 0 Å². The number of amides is 1. The van der Waals surface area contributed by atoms with Crippen LogP contribution in [0.25, 0.3) is 10.9 Å². The summed E-state index contributed by atoms with van der Waals surface area (Å²) in [6.45, 7) is 3.36. The number of halogens is 1. The summed E-state index contributed by atoms with van der Waals surface area (Å²) >= 11 is 0. The van der Waals surface area contributed by atoms with Gasteiger partial charge in [0.05, 0.1) is 5.56 Å². The summed E-state index contributed by atoms with van der Waals surface area (Å²) in [6.07, 6.45) is 2.60. The van der Waals surface area contributed by atoms with E-state index in [1.165, 1.54) is 11.6 Å². The second kappa shape index (κ2) is 6.50. The maximum atomic E-state index is 14.4. The van der Waals surface area contributed by atoms with Gasteiger partial charge in [0.2, 0.25) is 0 Å². The van der Waals surface area contributed by atoms with Gasteiger partial charge < -0.3 is 15.2 Å². The molecule has 2 aromatic carbocycles. The summed E-state index contributed by atoms with van der Waals surface area (Å²) in [6, 6.07) is 13.1. The number of likely N-dealkylation sites (tertiary alicyclic amines) is 1. The van der Waals surface area contributed by atoms with Crippen molar-refractivity contribution in [2.75, 3.05) is 26.2 Å². The number of H-pyrrole nitrogens is 1. The molecule has 2 fully saturated rings. The number of benzene rings is 2. The summed E-state index contributed by atoms with van der Waals surface area (Å²) in [5.41, 5.74) is 3.40. The normalized spacial score (nSPS) is 21.7. The number of aromatic nitrogens is 1. The second-order valence-electron chi connectivity index (χ2n) is 7.74. The molecule has 0 bridgehead atoms. The fourth-order valence-corrected chi connectivity index (χ4v) is 4.56. The van der Waals surface area contributed by atoms with Crippen LogP contribution in [0.3, 0.4) is 0 Å². The average molecular weight is 363 g/mol. The van der Waals surface area contributed by atoms with Crippen molar-refractivity contribution in [1.82, 2.24) is 15.2 Å². The van der Waals surface area contributed by atoms with Crippen LogP contribution in [0, 0.1) is 17.7 Å². The van der Waals surface area contributed by atoms with Crippen LogP contribution in [0.15, 0.2) is 48.7 Å². The van der Waals surface area contributed by atoms with Gasteiger partial charge in [-0.25, -0.2) is 4.39 Å². The zero-order valence-electron chi connectivity index (χ0n) is 15.0. The molecular weight excluding hydrogens is 341 g/mol. The van der Waals surface area contributed by atoms with E-state index < -0.39 is 5.82 Å². The van der Waals surface area contributed by atoms with Crippen molar-refractivity contribution in [2.45, 2.75) is 6.42 Å². The monoisotopic (exact) mass is 363 g/mol. The molecule has 2 saturated heterocycles. The Morgan fingerprint density at radius 1 is 1.11 bits per heavy atom. The van der Waals surface area contributed by atoms with Crippen LogP contribution in [-0.4, -0.2) is 42.0 Å². The summed E-state index contributed by atoms with van der Waals surface area (Å²) < 4.78 is 14.4. The topological polar surface area (TPSA) is 48.1 Å². The number of aromatic amines is 1. The van der Waals surface area contributed by atoms with Gasteiger partial charge in [0.25, 0.3) is 5.91 Å². The zero-order chi connectivity index (χ0) is 18.4. The molecule has 27 heavy (non-hydrogen) atoms. The third kappa shape index (κ3) is 2.92. The van der Waals surface area contributed by atoms with Crippen molar-refractivity contribution in [3.63, 3.8) is 0 Å². The quantitative estimate of drug-likeness (QED) is 0.751. The number of nitrogens with one attached hydrogen (secondary N) is 2. The van der Waals surface area contributed by atoms with Gasteiger partial charge in [-0.15, -0.1) is 0 Å². The molecule has 0 aliphatic carbocycles. The Morgan fingerprint density at radius 3 is 2.74 bits per heavy atom. The highest BCUT2D eigenvalue weighted by Crippen LogP contribution is 2.28. The molecule has 1 amide bonds. The summed E-state index contributed by atoms with van der Waals surface area (Å²) in [5.74, 6) is 0.403. The van der Waals surface area contributed by atoms with Crippen LogP contribution in [0.5, 0.6) is 0 Å². The highest BCUT2D eigenvalue weighted by Gasteiger charge is 2.38. The number of carbonyl (C=O) groups is 1. The van der Waals surface area contributed by atoms with Crippen molar-refractivity contribution < 1.29 is 9.18 Å². The lowest BCUT2D eigenvalue weighted by Gasteiger charge is -2.18. The Balaban J connectivity index is 1.41. The van der Waals surface area contributed by atoms with Crippen LogP contribution >= 0.6 is 0 Å². The first-order valence-electron chi connectivity index (χ1n) is 9.52. The third-order valence-corrected chi connectivity index (χ3v) is 6.02. The van der Waals surface area contributed by atoms with Gasteiger partial charge in [-0.05, 0) is 53.6 Å². The Hall–Kier alpha value is -2.66. The third-order valence-electron chi connectivity index (χ3n) is 6.02. The lowest BCUT2D eigenvalue weighted by Crippen LogP contribution is -2.32. The van der Waals surface area contributed by atoms with E-state index in [9.17, 15) is 9.18 Å². The molecule has 3 heterocycles. The number of nitrogens with zero attached hydrogens (tertiary/aromatic N) is 1. The Morgan fingerprint density at radius 2 is 1.93 bits per heavy atom. The molecule has 2 N–H and O–H groups in total. The predicted molar refractivity (Wildman–Crippen MR) is 103 cm³/mol. The number of hydrogen-bond acceptors (Lipinski definition) is 2. The van der Waals surface area contributed by atoms with Crippen LogP contribution in [0.4, 0.5) is 4.39 Å². The molecule has 138 valence electrons. The first-order valence-corrected chi connectivity index (χ1v) is 9.52. The lowest BCUT2D eigenvalue weighted by atomic mass is 9.99. The smallest absolute Gasteiger partial charge is 0.256 e. The fourth-order valence-electron chi connectivity index (χ4n) is 4.56. The summed E-state index contributed by atoms with van der Waals surface area (Å²) in [7, 11) is 0. The molecule has 5 rings (SSSR count). The minimum Gasteiger partial charge on any atom is -0.361 e. The van der Waals surface area contributed by atoms with Gasteiger partial charge in [0, 0.05) is 43.3 Å². The van der Waals surface area contributed by atoms with Crippen LogP contribution in [-0.2, 0) is 6.42 Å². The summed E-state index contributed by atoms with van der Waals surface area (Å²) in [5, 5.41) is 4.53. The molecule has 2 atom stereocenters. The molecule has 3 aromatic rings. The van der Waals surface area contributed by atoms with Crippen LogP contribution in [0.1, 0.15) is 21.5 Å². The predicted octanol–water partition coefficient (Wildman–Crippen LogP) is 3.19. The minimum absolute atomic E-state index is 0.177. The first kappa shape index (κ1) is 16.5. The van der Waals surface area contributed by atoms with Crippen molar-refractivity contribution in [3.8, 4) is 0 Å². The number of carbonyl (C=O) groups excluding carboxylic acids is 1. The Kier molecular flexibility index (Phi) is 3.97. The van der Waals surface area contributed by atoms with Crippen molar-refractivity contribution in [2.24, 2.45) is 11.8 Å². The molecule has 0 spiro atoms. The van der Waals surface area contributed by atoms with Crippen LogP contribution < -0.4 is 5.32 Å². The molecular formula is C22H22FN3O. The van der Waals surface area contributed by atoms with Gasteiger partial charge in [-0.3, -0.25) is 4.79 Å². The van der Waals surface area contributed by atoms with E-state index in [1.54, 1.807) is 12.1 Å². The van der Waals surface area contributed by atoms with Crippen molar-refractivity contribution in [3.05, 3.63) is 71.2 Å². The fraction of sp³-hybridized carbons (Fsp3) is 0.318. The Bertz CT molecular complexity index is 1000. The molecule has 2 aliphatic heterocycles. The maximum Gasteiger partial charge on any atom is 0.256 e. The largest absolute Gasteiger partial charge is 0.361 e. The first-order chi connectivity index (χ1) is 13.2. The minimum atomic E-state index is -0.432. The van der Waals surface area contributed by atoms with E-state index in [1.807, 2.05) is 23.2 Å². The SMILES string of the molecule is O=C(c1cc(Cc2cccc3[nH]ccc23)ccc1F)N1CC2CNCC2C1. The molecule has 2 aliphatic rings. The highest BCUT2D eigenvalue weighted by atomic mass is 19.1. The molecule has 0 radical (unpaired) electrons. The van der Waals surface area contributed by atoms with Gasteiger partial charge in [0.15, 0.2) is 0 Å². The Labute approximate surface area is 157 Å². The number of rotatable bonds is 3. The average Bonchev–Trinajstić information content (AvgIpc) is 3.38. The van der Waals surface area contributed by atoms with Gasteiger partial charge in [0.1, 0.15) is 5.82 Å². The van der Waals surface area contributed by atoms with Crippen molar-refractivity contribution in [1.29, 1.82) is 0 Å². The highest BCUT2D eigenvalue weighted by molar-refractivity contribution is 5.95. The standard InChI is InChI=1S/C22H22FN3O/c23-20-5-4-14(8-15-2-1-3-21-18(15)6-7-25-21)9-19(20)22(27)26-12-16-10-24-11-17(16)13-26/h1-7,9,16-17,24-25H,8,10-13H2. The molecule has 0 saturated carbocycles. The van der Waals surface area contributed by atoms with E-state index in [-0.39, 0.29) is 11.5 Å². The van der Waals surface area contributed by atoms with E-state index in [0.717, 1.165) is 42.6 Å². The molecule has 4 nitrogen and oxygen atoms in total. The second-order valence-corrected chi connectivity index (χ2v) is 7.74. The lowest BCUT2D eigenvalue weighted by molar-refractivity contribution is 0.0777. The van der Waals surface area contributed by atoms with E-state index in [0.29, 0.717) is 18.3 Å². The van der Waals surface area contributed by atoms with E-state index in [2.05, 4.69) is 22.4 Å².